The zero-order valence-corrected chi connectivity index (χ0v) is 16.8. The normalized spacial score (nSPS) is 13.0. The third kappa shape index (κ3) is 4.92. The number of ether oxygens (including phenoxy) is 1. The maximum absolute atomic E-state index is 12.4. The van der Waals surface area contributed by atoms with Crippen LogP contribution in [-0.2, 0) is 20.7 Å². The van der Waals surface area contributed by atoms with E-state index in [1.807, 2.05) is 37.2 Å². The molecule has 0 saturated carbocycles. The molecule has 1 aliphatic rings. The first-order chi connectivity index (χ1) is 14.4. The number of esters is 1. The van der Waals surface area contributed by atoms with Gasteiger partial charge in [0.2, 0.25) is 5.91 Å². The van der Waals surface area contributed by atoms with Gasteiger partial charge in [-0.2, -0.15) is 5.26 Å². The fraction of sp³-hybridized carbons (Fsp3) is 0.217. The van der Waals surface area contributed by atoms with E-state index in [1.54, 1.807) is 30.3 Å². The summed E-state index contributed by atoms with van der Waals surface area (Å²) in [6.45, 7) is -0.470. The van der Waals surface area contributed by atoms with Crippen molar-refractivity contribution in [1.29, 1.82) is 5.26 Å². The minimum absolute atomic E-state index is 0.0531. The molecule has 0 bridgehead atoms. The number of carbonyl (C=O) groups is 3. The van der Waals surface area contributed by atoms with Crippen molar-refractivity contribution in [3.8, 4) is 6.07 Å². The molecule has 0 saturated heterocycles. The van der Waals surface area contributed by atoms with Gasteiger partial charge < -0.3 is 15.0 Å². The lowest BCUT2D eigenvalue weighted by Crippen LogP contribution is -2.20. The maximum atomic E-state index is 12.4. The largest absolute Gasteiger partial charge is 0.453 e. The number of Topliss-reactive ketones (excluding diaryl/α,β-unsaturated/α-hetero) is 1. The minimum Gasteiger partial charge on any atom is -0.453 e. The quantitative estimate of drug-likeness (QED) is 0.345. The van der Waals surface area contributed by atoms with Crippen LogP contribution in [0.15, 0.2) is 48.0 Å². The second kappa shape index (κ2) is 9.05. The molecule has 152 valence electrons. The van der Waals surface area contributed by atoms with E-state index in [2.05, 4.69) is 5.32 Å². The predicted molar refractivity (Wildman–Crippen MR) is 113 cm³/mol. The van der Waals surface area contributed by atoms with Crippen LogP contribution in [0, 0.1) is 11.3 Å². The molecule has 0 unspecified atom stereocenters. The summed E-state index contributed by atoms with van der Waals surface area (Å²) in [5.41, 5.74) is 3.42. The Hall–Kier alpha value is -3.92. The first-order valence-electron chi connectivity index (χ1n) is 9.39. The molecule has 1 heterocycles. The second-order valence-corrected chi connectivity index (χ2v) is 7.08. The number of hydrogen-bond donors (Lipinski definition) is 1. The lowest BCUT2D eigenvalue weighted by molar-refractivity contribution is -0.137. The number of rotatable bonds is 6. The summed E-state index contributed by atoms with van der Waals surface area (Å²) >= 11 is 0. The van der Waals surface area contributed by atoms with E-state index in [1.165, 1.54) is 6.08 Å². The summed E-state index contributed by atoms with van der Waals surface area (Å²) in [7, 11) is 3.83. The van der Waals surface area contributed by atoms with Gasteiger partial charge in [0.25, 0.3) is 0 Å². The molecule has 0 aliphatic carbocycles. The number of ketones is 1. The van der Waals surface area contributed by atoms with Crippen molar-refractivity contribution >= 4 is 35.1 Å². The highest BCUT2D eigenvalue weighted by molar-refractivity contribution is 6.02. The minimum atomic E-state index is -0.854. The van der Waals surface area contributed by atoms with Crippen LogP contribution < -0.4 is 10.2 Å². The number of amides is 1. The SMILES string of the molecule is CN(C)c1ccc(/C=C(\C#N)C(=O)OCC(=O)c2ccc3c(c2)CCC(=O)N3)cc1. The number of fused-ring (bicyclic) bond motifs is 1. The van der Waals surface area contributed by atoms with E-state index in [9.17, 15) is 19.6 Å². The highest BCUT2D eigenvalue weighted by Gasteiger charge is 2.18. The van der Waals surface area contributed by atoms with E-state index in [-0.39, 0.29) is 17.3 Å². The molecular formula is C23H21N3O4. The van der Waals surface area contributed by atoms with Gasteiger partial charge in [0, 0.05) is 37.5 Å². The van der Waals surface area contributed by atoms with Gasteiger partial charge in [0.15, 0.2) is 12.4 Å². The molecule has 0 radical (unpaired) electrons. The number of nitrogens with one attached hydrogen (secondary N) is 1. The van der Waals surface area contributed by atoms with Crippen molar-refractivity contribution in [1.82, 2.24) is 0 Å². The summed E-state index contributed by atoms with van der Waals surface area (Å²) in [5.74, 6) is -1.29. The Bertz CT molecular complexity index is 1060. The van der Waals surface area contributed by atoms with E-state index in [0.717, 1.165) is 11.3 Å². The number of aryl methyl sites for hydroxylation is 1. The van der Waals surface area contributed by atoms with Crippen molar-refractivity contribution in [2.45, 2.75) is 12.8 Å². The molecular weight excluding hydrogens is 382 g/mol. The average Bonchev–Trinajstić information content (AvgIpc) is 2.75. The van der Waals surface area contributed by atoms with Crippen molar-refractivity contribution in [2.75, 3.05) is 30.9 Å². The van der Waals surface area contributed by atoms with Gasteiger partial charge >= 0.3 is 5.97 Å². The standard InChI is InChI=1S/C23H21N3O4/c1-26(2)19-7-3-15(4-8-19)11-18(13-24)23(29)30-14-21(27)17-5-9-20-16(12-17)6-10-22(28)25-20/h3-5,7-9,11-12H,6,10,14H2,1-2H3,(H,25,28)/b18-11+. The fourth-order valence-electron chi connectivity index (χ4n) is 3.02. The first kappa shape index (κ1) is 20.8. The van der Waals surface area contributed by atoms with Gasteiger partial charge in [-0.05, 0) is 54.0 Å². The highest BCUT2D eigenvalue weighted by Crippen LogP contribution is 2.24. The van der Waals surface area contributed by atoms with Gasteiger partial charge in [-0.3, -0.25) is 9.59 Å². The molecule has 0 fully saturated rings. The Labute approximate surface area is 174 Å². The molecule has 7 heteroatoms. The molecule has 3 rings (SSSR count). The lowest BCUT2D eigenvalue weighted by Gasteiger charge is -2.17. The molecule has 1 N–H and O–H groups in total. The van der Waals surface area contributed by atoms with Crippen LogP contribution in [0.5, 0.6) is 0 Å². The van der Waals surface area contributed by atoms with Crippen LogP contribution in [-0.4, -0.2) is 38.4 Å². The molecule has 1 amide bonds. The number of nitriles is 1. The predicted octanol–water partition coefficient (Wildman–Crippen LogP) is 2.97. The van der Waals surface area contributed by atoms with Crippen LogP contribution in [0.25, 0.3) is 6.08 Å². The topological polar surface area (TPSA) is 99.5 Å². The fourth-order valence-corrected chi connectivity index (χ4v) is 3.02. The zero-order chi connectivity index (χ0) is 21.7. The van der Waals surface area contributed by atoms with Crippen molar-refractivity contribution in [2.24, 2.45) is 0 Å². The van der Waals surface area contributed by atoms with E-state index in [4.69, 9.17) is 4.74 Å². The Balaban J connectivity index is 1.64. The Kier molecular flexibility index (Phi) is 6.28. The molecule has 0 aromatic heterocycles. The number of benzene rings is 2. The summed E-state index contributed by atoms with van der Waals surface area (Å²) in [6.07, 6.45) is 2.34. The van der Waals surface area contributed by atoms with E-state index in [0.29, 0.717) is 29.7 Å². The van der Waals surface area contributed by atoms with Crippen LogP contribution in [0.3, 0.4) is 0 Å². The molecule has 30 heavy (non-hydrogen) atoms. The number of anilines is 2. The van der Waals surface area contributed by atoms with Crippen molar-refractivity contribution < 1.29 is 19.1 Å². The molecule has 0 spiro atoms. The molecule has 2 aromatic carbocycles. The Morgan fingerprint density at radius 1 is 1.17 bits per heavy atom. The van der Waals surface area contributed by atoms with Gasteiger partial charge in [-0.1, -0.05) is 12.1 Å². The molecule has 7 nitrogen and oxygen atoms in total. The summed E-state index contributed by atoms with van der Waals surface area (Å²) in [5, 5.41) is 12.0. The van der Waals surface area contributed by atoms with Crippen LogP contribution in [0.1, 0.15) is 27.9 Å². The zero-order valence-electron chi connectivity index (χ0n) is 16.8. The van der Waals surface area contributed by atoms with E-state index < -0.39 is 12.6 Å². The van der Waals surface area contributed by atoms with Crippen molar-refractivity contribution in [3.05, 3.63) is 64.7 Å². The number of nitrogens with zero attached hydrogens (tertiary/aromatic N) is 2. The smallest absolute Gasteiger partial charge is 0.349 e. The van der Waals surface area contributed by atoms with Gasteiger partial charge in [-0.15, -0.1) is 0 Å². The molecule has 1 aliphatic heterocycles. The van der Waals surface area contributed by atoms with Crippen LogP contribution in [0.2, 0.25) is 0 Å². The number of carbonyl (C=O) groups excluding carboxylic acids is 3. The third-order valence-corrected chi connectivity index (χ3v) is 4.72. The van der Waals surface area contributed by atoms with Crippen molar-refractivity contribution in [3.63, 3.8) is 0 Å². The highest BCUT2D eigenvalue weighted by atomic mass is 16.5. The Morgan fingerprint density at radius 3 is 2.57 bits per heavy atom. The molecule has 0 atom stereocenters. The first-order valence-corrected chi connectivity index (χ1v) is 9.39. The van der Waals surface area contributed by atoms with Crippen LogP contribution in [0.4, 0.5) is 11.4 Å². The summed E-state index contributed by atoms with van der Waals surface area (Å²) in [4.78, 5) is 38.0. The van der Waals surface area contributed by atoms with Gasteiger partial charge in [0.05, 0.1) is 0 Å². The second-order valence-electron chi connectivity index (χ2n) is 7.08. The third-order valence-electron chi connectivity index (χ3n) is 4.72. The van der Waals surface area contributed by atoms with Crippen LogP contribution >= 0.6 is 0 Å². The van der Waals surface area contributed by atoms with Gasteiger partial charge in [-0.25, -0.2) is 4.79 Å². The maximum Gasteiger partial charge on any atom is 0.349 e. The van der Waals surface area contributed by atoms with E-state index >= 15 is 0 Å². The summed E-state index contributed by atoms with van der Waals surface area (Å²) in [6, 6.07) is 14.1. The van der Waals surface area contributed by atoms with Gasteiger partial charge in [0.1, 0.15) is 11.6 Å². The lowest BCUT2D eigenvalue weighted by atomic mass is 9.99. The summed E-state index contributed by atoms with van der Waals surface area (Å²) < 4.78 is 5.05. The average molecular weight is 403 g/mol. The molecule has 2 aromatic rings. The Morgan fingerprint density at radius 2 is 1.90 bits per heavy atom. The monoisotopic (exact) mass is 403 g/mol. The number of hydrogen-bond acceptors (Lipinski definition) is 6.